The zero-order chi connectivity index (χ0) is 14.0. The molecular weight excluding hydrogens is 252 g/mol. The molecule has 0 unspecified atom stereocenters. The van der Waals surface area contributed by atoms with Crippen molar-refractivity contribution in [1.82, 2.24) is 0 Å². The lowest BCUT2D eigenvalue weighted by Gasteiger charge is -2.21. The number of hydrogen-bond acceptors (Lipinski definition) is 4. The van der Waals surface area contributed by atoms with Crippen molar-refractivity contribution in [2.24, 2.45) is 0 Å². The van der Waals surface area contributed by atoms with E-state index in [1.165, 1.54) is 27.0 Å². The Hall–Kier alpha value is -0.693. The quantitative estimate of drug-likeness (QED) is 0.377. The molecule has 0 atom stereocenters. The Balaban J connectivity index is 4.70. The third-order valence-electron chi connectivity index (χ3n) is 2.78. The van der Waals surface area contributed by atoms with E-state index in [2.05, 4.69) is 6.92 Å². The Morgan fingerprint density at radius 3 is 2.06 bits per heavy atom. The number of aliphatic carboxylic acids is 1. The second kappa shape index (κ2) is 9.27. The molecule has 106 valence electrons. The van der Waals surface area contributed by atoms with Crippen LogP contribution in [0.25, 0.3) is 0 Å². The number of carboxylic acids is 1. The van der Waals surface area contributed by atoms with E-state index in [0.29, 0.717) is 12.0 Å². The van der Waals surface area contributed by atoms with Gasteiger partial charge in [-0.1, -0.05) is 26.2 Å². The van der Waals surface area contributed by atoms with Crippen LogP contribution in [0.3, 0.4) is 0 Å². The first-order chi connectivity index (χ1) is 8.55. The van der Waals surface area contributed by atoms with Gasteiger partial charge < -0.3 is 18.4 Å². The molecule has 0 fully saturated rings. The van der Waals surface area contributed by atoms with Crippen molar-refractivity contribution in [3.63, 3.8) is 0 Å². The first-order valence-electron chi connectivity index (χ1n) is 6.15. The van der Waals surface area contributed by atoms with Crippen molar-refractivity contribution in [2.75, 3.05) is 21.3 Å². The summed E-state index contributed by atoms with van der Waals surface area (Å²) in [5.74, 6) is -0.936. The second-order valence-electron chi connectivity index (χ2n) is 4.00. The Morgan fingerprint density at radius 1 is 1.11 bits per heavy atom. The molecule has 0 saturated carbocycles. The van der Waals surface area contributed by atoms with Crippen molar-refractivity contribution in [1.29, 1.82) is 0 Å². The number of hydrogen-bond donors (Lipinski definition) is 1. The van der Waals surface area contributed by atoms with Crippen LogP contribution in [0.2, 0.25) is 0 Å². The van der Waals surface area contributed by atoms with Crippen LogP contribution >= 0.6 is 0 Å². The van der Waals surface area contributed by atoms with E-state index in [0.717, 1.165) is 25.7 Å². The molecule has 0 radical (unpaired) electrons. The van der Waals surface area contributed by atoms with Crippen molar-refractivity contribution in [3.8, 4) is 0 Å². The van der Waals surface area contributed by atoms with Gasteiger partial charge in [-0.05, 0) is 18.5 Å². The van der Waals surface area contributed by atoms with Gasteiger partial charge in [-0.3, -0.25) is 0 Å². The topological polar surface area (TPSA) is 65.0 Å². The van der Waals surface area contributed by atoms with Gasteiger partial charge in [0.15, 0.2) is 0 Å². The Morgan fingerprint density at radius 2 is 1.67 bits per heavy atom. The van der Waals surface area contributed by atoms with Crippen molar-refractivity contribution in [3.05, 3.63) is 11.3 Å². The van der Waals surface area contributed by atoms with E-state index >= 15 is 0 Å². The van der Waals surface area contributed by atoms with Crippen molar-refractivity contribution >= 4 is 14.8 Å². The minimum atomic E-state index is -2.95. The molecule has 0 heterocycles. The van der Waals surface area contributed by atoms with Crippen LogP contribution in [-0.2, 0) is 18.1 Å². The van der Waals surface area contributed by atoms with E-state index in [9.17, 15) is 4.79 Å². The summed E-state index contributed by atoms with van der Waals surface area (Å²) in [5, 5.41) is 9.17. The van der Waals surface area contributed by atoms with E-state index in [-0.39, 0.29) is 0 Å². The molecule has 0 aliphatic heterocycles. The van der Waals surface area contributed by atoms with Crippen molar-refractivity contribution in [2.45, 2.75) is 39.0 Å². The molecule has 0 aromatic heterocycles. The fourth-order valence-corrected chi connectivity index (χ4v) is 3.17. The average molecular weight is 276 g/mol. The van der Waals surface area contributed by atoms with Gasteiger partial charge in [-0.25, -0.2) is 4.79 Å². The highest BCUT2D eigenvalue weighted by Crippen LogP contribution is 2.16. The summed E-state index contributed by atoms with van der Waals surface area (Å²) >= 11 is 0. The summed E-state index contributed by atoms with van der Waals surface area (Å²) in [6, 6.07) is 0. The molecule has 0 aromatic carbocycles. The van der Waals surface area contributed by atoms with E-state index in [1.807, 2.05) is 0 Å². The van der Waals surface area contributed by atoms with Gasteiger partial charge in [0, 0.05) is 26.9 Å². The zero-order valence-corrected chi connectivity index (χ0v) is 12.7. The molecule has 6 heteroatoms. The summed E-state index contributed by atoms with van der Waals surface area (Å²) in [5.41, 5.74) is 1.82. The van der Waals surface area contributed by atoms with Crippen LogP contribution in [0.5, 0.6) is 0 Å². The van der Waals surface area contributed by atoms with Gasteiger partial charge in [0.05, 0.1) is 0 Å². The molecule has 0 aromatic rings. The highest BCUT2D eigenvalue weighted by molar-refractivity contribution is 6.66. The third-order valence-corrected chi connectivity index (χ3v) is 5.19. The molecule has 1 N–H and O–H groups in total. The van der Waals surface area contributed by atoms with Gasteiger partial charge in [-0.15, -0.1) is 0 Å². The molecule has 0 bridgehead atoms. The van der Waals surface area contributed by atoms with Gasteiger partial charge in [0.2, 0.25) is 0 Å². The zero-order valence-electron chi connectivity index (χ0n) is 11.7. The number of carboxylic acid groups (broad SMARTS) is 1. The number of unbranched alkanes of at least 4 members (excludes halogenated alkanes) is 3. The fourth-order valence-electron chi connectivity index (χ4n) is 1.62. The van der Waals surface area contributed by atoms with Crippen LogP contribution < -0.4 is 0 Å². The summed E-state index contributed by atoms with van der Waals surface area (Å²) in [4.78, 5) is 11.2. The molecule has 5 nitrogen and oxygen atoms in total. The largest absolute Gasteiger partial charge is 0.529 e. The normalized spacial score (nSPS) is 12.8. The molecule has 0 aliphatic rings. The third kappa shape index (κ3) is 5.77. The molecule has 18 heavy (non-hydrogen) atoms. The first-order valence-corrected chi connectivity index (χ1v) is 7.95. The SMILES string of the molecule is CCCCCCC(=C[Si](OC)(OC)OC)C(=O)O. The maximum absolute atomic E-state index is 11.2. The predicted molar refractivity (Wildman–Crippen MR) is 71.3 cm³/mol. The van der Waals surface area contributed by atoms with E-state index in [4.69, 9.17) is 18.4 Å². The Bertz CT molecular complexity index is 265. The Labute approximate surface area is 110 Å². The molecular formula is C12H24O5Si. The summed E-state index contributed by atoms with van der Waals surface area (Å²) < 4.78 is 15.6. The van der Waals surface area contributed by atoms with Gasteiger partial charge in [-0.2, -0.15) is 0 Å². The molecule has 0 rings (SSSR count). The second-order valence-corrected chi connectivity index (χ2v) is 6.72. The van der Waals surface area contributed by atoms with Gasteiger partial charge in [0.25, 0.3) is 0 Å². The predicted octanol–water partition coefficient (Wildman–Crippen LogP) is 2.39. The molecule has 0 amide bonds. The lowest BCUT2D eigenvalue weighted by molar-refractivity contribution is -0.132. The highest BCUT2D eigenvalue weighted by Gasteiger charge is 2.36. The monoisotopic (exact) mass is 276 g/mol. The minimum Gasteiger partial charge on any atom is -0.478 e. The lowest BCUT2D eigenvalue weighted by Crippen LogP contribution is -2.41. The standard InChI is InChI=1S/C12H24O5Si/c1-5-6-7-8-9-11(12(13)14)10-18(15-2,16-3)17-4/h10H,5-9H2,1-4H3,(H,13,14). The minimum absolute atomic E-state index is 0.309. The maximum atomic E-state index is 11.2. The van der Waals surface area contributed by atoms with Crippen LogP contribution in [0, 0.1) is 0 Å². The average Bonchev–Trinajstić information content (AvgIpc) is 2.38. The van der Waals surface area contributed by atoms with Crippen LogP contribution in [0.15, 0.2) is 11.3 Å². The van der Waals surface area contributed by atoms with Gasteiger partial charge in [0.1, 0.15) is 0 Å². The summed E-state index contributed by atoms with van der Waals surface area (Å²) in [6.07, 6.45) is 4.64. The Kier molecular flexibility index (Phi) is 8.91. The molecule has 0 aliphatic carbocycles. The lowest BCUT2D eigenvalue weighted by atomic mass is 10.1. The van der Waals surface area contributed by atoms with E-state index < -0.39 is 14.8 Å². The summed E-state index contributed by atoms with van der Waals surface area (Å²) in [7, 11) is 1.44. The van der Waals surface area contributed by atoms with Crippen LogP contribution in [0.1, 0.15) is 39.0 Å². The maximum Gasteiger partial charge on any atom is 0.529 e. The van der Waals surface area contributed by atoms with Gasteiger partial charge >= 0.3 is 14.8 Å². The molecule has 0 spiro atoms. The smallest absolute Gasteiger partial charge is 0.478 e. The van der Waals surface area contributed by atoms with Crippen LogP contribution in [0.4, 0.5) is 0 Å². The first kappa shape index (κ1) is 17.3. The van der Waals surface area contributed by atoms with E-state index in [1.54, 1.807) is 0 Å². The van der Waals surface area contributed by atoms with Crippen molar-refractivity contribution < 1.29 is 23.2 Å². The summed E-state index contributed by atoms with van der Waals surface area (Å²) in [6.45, 7) is 2.12. The fraction of sp³-hybridized carbons (Fsp3) is 0.750. The van der Waals surface area contributed by atoms with Crippen LogP contribution in [-0.4, -0.2) is 41.2 Å². The highest BCUT2D eigenvalue weighted by atomic mass is 28.4. The molecule has 0 saturated heterocycles. The number of rotatable bonds is 10. The number of carbonyl (C=O) groups is 1.